The third-order valence-electron chi connectivity index (χ3n) is 5.90. The highest BCUT2D eigenvalue weighted by Gasteiger charge is 2.53. The number of carbonyl (C=O) groups excluding carboxylic acids is 1. The van der Waals surface area contributed by atoms with E-state index in [-0.39, 0.29) is 28.9 Å². The lowest BCUT2D eigenvalue weighted by molar-refractivity contribution is -0.0887. The number of nitrogens with zero attached hydrogens (tertiary/aromatic N) is 1. The minimum Gasteiger partial charge on any atom is -0.490 e. The van der Waals surface area contributed by atoms with Gasteiger partial charge in [-0.1, -0.05) is 44.2 Å². The number of hydrogen-bond acceptors (Lipinski definition) is 3. The fourth-order valence-corrected chi connectivity index (χ4v) is 4.03. The average Bonchev–Trinajstić information content (AvgIpc) is 2.70. The molecule has 2 unspecified atom stereocenters. The lowest BCUT2D eigenvalue weighted by atomic mass is 9.63. The van der Waals surface area contributed by atoms with Gasteiger partial charge < -0.3 is 14.6 Å². The molecule has 0 saturated heterocycles. The maximum atomic E-state index is 13.0. The second kappa shape index (κ2) is 6.82. The molecule has 0 spiro atoms. The summed E-state index contributed by atoms with van der Waals surface area (Å²) in [6.07, 6.45) is 0.785. The van der Waals surface area contributed by atoms with Gasteiger partial charge in [-0.3, -0.25) is 9.59 Å². The number of benzene rings is 2. The Morgan fingerprint density at radius 3 is 2.50 bits per heavy atom. The van der Waals surface area contributed by atoms with Gasteiger partial charge in [0.1, 0.15) is 17.5 Å². The van der Waals surface area contributed by atoms with Crippen molar-refractivity contribution in [2.45, 2.75) is 32.4 Å². The third-order valence-corrected chi connectivity index (χ3v) is 5.90. The van der Waals surface area contributed by atoms with Gasteiger partial charge in [-0.2, -0.15) is 0 Å². The number of ether oxygens (including phenoxy) is 1. The fraction of sp³-hybridized carbons (Fsp3) is 0.304. The molecule has 5 nitrogen and oxygen atoms in total. The molecule has 1 N–H and O–H groups in total. The standard InChI is InChI=1S/C23H24N2O3/c1-23(2)20(14-21(23)28-15-9-5-4-6-10-15)25(3)22(27)18-13-19(26)16-11-7-8-12-17(16)24-18/h4-13,20-21H,14H2,1-3H3,(H,24,26). The van der Waals surface area contributed by atoms with Crippen molar-refractivity contribution in [3.63, 3.8) is 0 Å². The molecule has 2 aromatic carbocycles. The maximum Gasteiger partial charge on any atom is 0.270 e. The van der Waals surface area contributed by atoms with E-state index in [1.54, 1.807) is 18.0 Å². The molecule has 0 aliphatic heterocycles. The summed E-state index contributed by atoms with van der Waals surface area (Å²) in [5.41, 5.74) is 0.640. The van der Waals surface area contributed by atoms with Gasteiger partial charge in [-0.15, -0.1) is 0 Å². The first kappa shape index (κ1) is 18.3. The number of aromatic amines is 1. The van der Waals surface area contributed by atoms with Crippen LogP contribution in [0.15, 0.2) is 65.5 Å². The Balaban J connectivity index is 1.53. The van der Waals surface area contributed by atoms with Gasteiger partial charge in [0.2, 0.25) is 0 Å². The molecule has 1 aliphatic rings. The van der Waals surface area contributed by atoms with Crippen molar-refractivity contribution in [2.75, 3.05) is 7.05 Å². The van der Waals surface area contributed by atoms with Crippen molar-refractivity contribution in [2.24, 2.45) is 5.41 Å². The quantitative estimate of drug-likeness (QED) is 0.752. The topological polar surface area (TPSA) is 62.4 Å². The zero-order chi connectivity index (χ0) is 19.9. The minimum absolute atomic E-state index is 0.0312. The summed E-state index contributed by atoms with van der Waals surface area (Å²) in [6.45, 7) is 4.23. The monoisotopic (exact) mass is 376 g/mol. The molecule has 4 rings (SSSR count). The summed E-state index contributed by atoms with van der Waals surface area (Å²) in [7, 11) is 1.79. The van der Waals surface area contributed by atoms with Crippen molar-refractivity contribution in [3.05, 3.63) is 76.6 Å². The molecule has 1 aromatic heterocycles. The Bertz CT molecular complexity index is 1070. The molecule has 0 radical (unpaired) electrons. The van der Waals surface area contributed by atoms with Gasteiger partial charge in [0.05, 0.1) is 0 Å². The van der Waals surface area contributed by atoms with Gasteiger partial charge >= 0.3 is 0 Å². The number of hydrogen-bond donors (Lipinski definition) is 1. The summed E-state index contributed by atoms with van der Waals surface area (Å²) < 4.78 is 6.11. The molecule has 1 heterocycles. The number of fused-ring (bicyclic) bond motifs is 1. The lowest BCUT2D eigenvalue weighted by Crippen LogP contribution is -2.63. The SMILES string of the molecule is CN(C(=O)c1cc(=O)c2ccccc2[nH]1)C1CC(Oc2ccccc2)C1(C)C. The smallest absolute Gasteiger partial charge is 0.270 e. The summed E-state index contributed by atoms with van der Waals surface area (Å²) in [6, 6.07) is 18.4. The molecule has 1 aliphatic carbocycles. The van der Waals surface area contributed by atoms with Crippen LogP contribution in [0.1, 0.15) is 30.8 Å². The first-order chi connectivity index (χ1) is 13.4. The van der Waals surface area contributed by atoms with Crippen LogP contribution in [0.2, 0.25) is 0 Å². The van der Waals surface area contributed by atoms with E-state index in [1.165, 1.54) is 6.07 Å². The summed E-state index contributed by atoms with van der Waals surface area (Å²) in [5.74, 6) is 0.658. The van der Waals surface area contributed by atoms with Crippen LogP contribution in [0, 0.1) is 5.41 Å². The van der Waals surface area contributed by atoms with E-state index in [1.807, 2.05) is 48.5 Å². The Morgan fingerprint density at radius 2 is 1.79 bits per heavy atom. The van der Waals surface area contributed by atoms with Gasteiger partial charge in [0.25, 0.3) is 5.91 Å². The van der Waals surface area contributed by atoms with E-state index in [2.05, 4.69) is 18.8 Å². The summed E-state index contributed by atoms with van der Waals surface area (Å²) in [5, 5.41) is 0.585. The number of carbonyl (C=O) groups is 1. The van der Waals surface area contributed by atoms with Crippen LogP contribution in [-0.4, -0.2) is 35.0 Å². The first-order valence-corrected chi connectivity index (χ1v) is 9.49. The van der Waals surface area contributed by atoms with Crippen molar-refractivity contribution in [3.8, 4) is 5.75 Å². The number of nitrogens with one attached hydrogen (secondary N) is 1. The number of amides is 1. The predicted octanol–water partition coefficient (Wildman–Crippen LogP) is 3.85. The largest absolute Gasteiger partial charge is 0.490 e. The van der Waals surface area contributed by atoms with Crippen LogP contribution in [0.4, 0.5) is 0 Å². The van der Waals surface area contributed by atoms with E-state index in [9.17, 15) is 9.59 Å². The maximum absolute atomic E-state index is 13.0. The van der Waals surface area contributed by atoms with Gasteiger partial charge in [0.15, 0.2) is 5.43 Å². The molecule has 3 aromatic rings. The molecule has 0 bridgehead atoms. The minimum atomic E-state index is -0.197. The summed E-state index contributed by atoms with van der Waals surface area (Å²) in [4.78, 5) is 30.2. The summed E-state index contributed by atoms with van der Waals surface area (Å²) >= 11 is 0. The van der Waals surface area contributed by atoms with E-state index in [0.29, 0.717) is 16.6 Å². The number of para-hydroxylation sites is 2. The van der Waals surface area contributed by atoms with E-state index >= 15 is 0 Å². The highest BCUT2D eigenvalue weighted by Crippen LogP contribution is 2.45. The second-order valence-electron chi connectivity index (χ2n) is 8.00. The molecule has 144 valence electrons. The molecular formula is C23H24N2O3. The fourth-order valence-electron chi connectivity index (χ4n) is 4.03. The molecule has 5 heteroatoms. The lowest BCUT2D eigenvalue weighted by Gasteiger charge is -2.54. The molecular weight excluding hydrogens is 352 g/mol. The Hall–Kier alpha value is -3.08. The van der Waals surface area contributed by atoms with Crippen molar-refractivity contribution in [1.82, 2.24) is 9.88 Å². The molecule has 2 atom stereocenters. The van der Waals surface area contributed by atoms with Crippen molar-refractivity contribution >= 4 is 16.8 Å². The average molecular weight is 376 g/mol. The van der Waals surface area contributed by atoms with E-state index in [4.69, 9.17) is 4.74 Å². The zero-order valence-electron chi connectivity index (χ0n) is 16.3. The normalized spacial score (nSPS) is 20.4. The number of aromatic nitrogens is 1. The van der Waals surface area contributed by atoms with Crippen LogP contribution in [0.3, 0.4) is 0 Å². The Labute approximate surface area is 163 Å². The molecule has 1 fully saturated rings. The highest BCUT2D eigenvalue weighted by molar-refractivity contribution is 5.95. The number of rotatable bonds is 4. The van der Waals surface area contributed by atoms with E-state index < -0.39 is 0 Å². The van der Waals surface area contributed by atoms with E-state index in [0.717, 1.165) is 12.2 Å². The Morgan fingerprint density at radius 1 is 1.11 bits per heavy atom. The van der Waals surface area contributed by atoms with Crippen LogP contribution in [0.5, 0.6) is 5.75 Å². The van der Waals surface area contributed by atoms with Crippen LogP contribution < -0.4 is 10.2 Å². The zero-order valence-corrected chi connectivity index (χ0v) is 16.3. The van der Waals surface area contributed by atoms with Crippen molar-refractivity contribution in [1.29, 1.82) is 0 Å². The van der Waals surface area contributed by atoms with Crippen LogP contribution >= 0.6 is 0 Å². The van der Waals surface area contributed by atoms with Crippen molar-refractivity contribution < 1.29 is 9.53 Å². The highest BCUT2D eigenvalue weighted by atomic mass is 16.5. The predicted molar refractivity (Wildman–Crippen MR) is 110 cm³/mol. The van der Waals surface area contributed by atoms with Crippen LogP contribution in [-0.2, 0) is 0 Å². The molecule has 1 saturated carbocycles. The van der Waals surface area contributed by atoms with Gasteiger partial charge in [-0.05, 0) is 24.3 Å². The van der Waals surface area contributed by atoms with Gasteiger partial charge in [-0.25, -0.2) is 0 Å². The molecule has 28 heavy (non-hydrogen) atoms. The first-order valence-electron chi connectivity index (χ1n) is 9.49. The van der Waals surface area contributed by atoms with Gasteiger partial charge in [0, 0.05) is 41.9 Å². The number of H-pyrrole nitrogens is 1. The number of pyridine rings is 1. The Kier molecular flexibility index (Phi) is 4.46. The third kappa shape index (κ3) is 3.07. The second-order valence-corrected chi connectivity index (χ2v) is 8.00. The van der Waals surface area contributed by atoms with Crippen LogP contribution in [0.25, 0.3) is 10.9 Å². The molecule has 1 amide bonds.